The molecule has 1 aromatic carbocycles. The van der Waals surface area contributed by atoms with Crippen LogP contribution in [0.3, 0.4) is 0 Å². The first kappa shape index (κ1) is 24.9. The van der Waals surface area contributed by atoms with Gasteiger partial charge in [0.25, 0.3) is 6.43 Å². The molecule has 2 aliphatic rings. The zero-order valence-electron chi connectivity index (χ0n) is 20.1. The molecule has 1 atom stereocenters. The Morgan fingerprint density at radius 2 is 1.78 bits per heavy atom. The number of aromatic nitrogens is 3. The third kappa shape index (κ3) is 4.78. The van der Waals surface area contributed by atoms with Crippen molar-refractivity contribution in [3.05, 3.63) is 58.8 Å². The van der Waals surface area contributed by atoms with Crippen molar-refractivity contribution in [2.45, 2.75) is 63.2 Å². The number of nitrogens with zero attached hydrogens (tertiary/aromatic N) is 4. The van der Waals surface area contributed by atoms with E-state index < -0.39 is 33.9 Å². The Morgan fingerprint density at radius 1 is 1.08 bits per heavy atom. The Bertz CT molecular complexity index is 1390. The smallest absolute Gasteiger partial charge is 0.266 e. The van der Waals surface area contributed by atoms with E-state index in [0.29, 0.717) is 48.6 Å². The molecule has 11 heteroatoms. The third-order valence-electron chi connectivity index (χ3n) is 7.03. The summed E-state index contributed by atoms with van der Waals surface area (Å²) in [4.78, 5) is 13.4. The summed E-state index contributed by atoms with van der Waals surface area (Å²) in [5, 5.41) is 3.59. The minimum absolute atomic E-state index is 0.116. The highest BCUT2D eigenvalue weighted by Gasteiger charge is 2.41. The Balaban J connectivity index is 1.40. The number of rotatable bonds is 7. The number of pyridine rings is 1. The first-order valence-electron chi connectivity index (χ1n) is 12.1. The topological polar surface area (TPSA) is 88.1 Å². The molecule has 2 fully saturated rings. The van der Waals surface area contributed by atoms with Gasteiger partial charge in [0.05, 0.1) is 22.2 Å². The SMILES string of the molecule is Cc1nc(N[C@H](C)c2cccc(C(F)F)c2F)c2cc(C3CCN(S(=O)(=O)C4CC4)CC3)cnc2n1. The van der Waals surface area contributed by atoms with Gasteiger partial charge >= 0.3 is 0 Å². The Kier molecular flexibility index (Phi) is 6.63. The van der Waals surface area contributed by atoms with E-state index >= 15 is 0 Å². The van der Waals surface area contributed by atoms with Crippen LogP contribution in [0.25, 0.3) is 11.0 Å². The molecule has 2 aromatic heterocycles. The average Bonchev–Trinajstić information content (AvgIpc) is 3.70. The first-order valence-corrected chi connectivity index (χ1v) is 13.6. The van der Waals surface area contributed by atoms with Crippen LogP contribution >= 0.6 is 0 Å². The maximum atomic E-state index is 14.7. The number of alkyl halides is 2. The van der Waals surface area contributed by atoms with E-state index in [2.05, 4.69) is 20.3 Å². The van der Waals surface area contributed by atoms with Crippen molar-refractivity contribution in [3.8, 4) is 0 Å². The number of hydrogen-bond acceptors (Lipinski definition) is 6. The predicted molar refractivity (Wildman–Crippen MR) is 131 cm³/mol. The summed E-state index contributed by atoms with van der Waals surface area (Å²) in [6.07, 6.45) is 1.75. The molecular formula is C25H28F3N5O2S. The zero-order valence-corrected chi connectivity index (χ0v) is 20.9. The molecule has 3 heterocycles. The van der Waals surface area contributed by atoms with Crippen LogP contribution in [0, 0.1) is 12.7 Å². The number of fused-ring (bicyclic) bond motifs is 1. The molecule has 36 heavy (non-hydrogen) atoms. The van der Waals surface area contributed by atoms with Crippen molar-refractivity contribution < 1.29 is 21.6 Å². The highest BCUT2D eigenvalue weighted by molar-refractivity contribution is 7.90. The van der Waals surface area contributed by atoms with Crippen LogP contribution in [0.4, 0.5) is 19.0 Å². The number of hydrogen-bond donors (Lipinski definition) is 1. The molecule has 0 radical (unpaired) electrons. The lowest BCUT2D eigenvalue weighted by Crippen LogP contribution is -2.39. The van der Waals surface area contributed by atoms with E-state index in [1.54, 1.807) is 24.3 Å². The van der Waals surface area contributed by atoms with Gasteiger partial charge in [0.2, 0.25) is 10.0 Å². The monoisotopic (exact) mass is 519 g/mol. The van der Waals surface area contributed by atoms with Gasteiger partial charge in [-0.3, -0.25) is 0 Å². The Morgan fingerprint density at radius 3 is 2.44 bits per heavy atom. The van der Waals surface area contributed by atoms with Crippen molar-refractivity contribution in [1.82, 2.24) is 19.3 Å². The molecule has 1 N–H and O–H groups in total. The van der Waals surface area contributed by atoms with Gasteiger partial charge in [0, 0.05) is 24.8 Å². The van der Waals surface area contributed by atoms with Crippen molar-refractivity contribution in [3.63, 3.8) is 0 Å². The van der Waals surface area contributed by atoms with Gasteiger partial charge in [-0.1, -0.05) is 18.2 Å². The number of sulfonamides is 1. The maximum Gasteiger partial charge on any atom is 0.266 e. The predicted octanol–water partition coefficient (Wildman–Crippen LogP) is 5.25. The van der Waals surface area contributed by atoms with Crippen molar-refractivity contribution in [2.24, 2.45) is 0 Å². The Labute approximate surface area is 208 Å². The molecule has 3 aromatic rings. The van der Waals surface area contributed by atoms with Gasteiger partial charge in [-0.2, -0.15) is 0 Å². The van der Waals surface area contributed by atoms with Gasteiger partial charge in [-0.15, -0.1) is 0 Å². The number of piperidine rings is 1. The lowest BCUT2D eigenvalue weighted by molar-refractivity contribution is 0.146. The highest BCUT2D eigenvalue weighted by atomic mass is 32.2. The van der Waals surface area contributed by atoms with Gasteiger partial charge < -0.3 is 5.32 Å². The lowest BCUT2D eigenvalue weighted by atomic mass is 9.91. The summed E-state index contributed by atoms with van der Waals surface area (Å²) in [6.45, 7) is 4.37. The van der Waals surface area contributed by atoms with Crippen LogP contribution in [0.15, 0.2) is 30.5 Å². The fourth-order valence-electron chi connectivity index (χ4n) is 4.85. The van der Waals surface area contributed by atoms with E-state index in [1.165, 1.54) is 12.1 Å². The molecule has 1 aliphatic heterocycles. The van der Waals surface area contributed by atoms with E-state index in [4.69, 9.17) is 0 Å². The molecule has 1 aliphatic carbocycles. The molecule has 0 spiro atoms. The average molecular weight is 520 g/mol. The summed E-state index contributed by atoms with van der Waals surface area (Å²) in [6, 6.07) is 5.27. The fraction of sp³-hybridized carbons (Fsp3) is 0.480. The van der Waals surface area contributed by atoms with Crippen LogP contribution < -0.4 is 5.32 Å². The van der Waals surface area contributed by atoms with E-state index in [0.717, 1.165) is 24.5 Å². The number of anilines is 1. The molecule has 1 saturated heterocycles. The highest BCUT2D eigenvalue weighted by Crippen LogP contribution is 2.36. The molecule has 7 nitrogen and oxygen atoms in total. The van der Waals surface area contributed by atoms with Crippen molar-refractivity contribution >= 4 is 26.9 Å². The molecule has 192 valence electrons. The third-order valence-corrected chi connectivity index (χ3v) is 9.43. The maximum absolute atomic E-state index is 14.7. The lowest BCUT2D eigenvalue weighted by Gasteiger charge is -2.31. The number of benzene rings is 1. The van der Waals surface area contributed by atoms with Crippen LogP contribution in [0.2, 0.25) is 0 Å². The summed E-state index contributed by atoms with van der Waals surface area (Å²) in [5.74, 6) is 0.112. The molecule has 5 rings (SSSR count). The first-order chi connectivity index (χ1) is 17.1. The van der Waals surface area contributed by atoms with Crippen LogP contribution in [-0.4, -0.2) is 46.0 Å². The minimum atomic E-state index is -3.18. The standard InChI is InChI=1S/C25H28F3N5O2S/c1-14(19-4-3-5-20(22(19)26)23(27)28)30-25-21-12-17(13-29-24(21)31-15(2)32-25)16-8-10-33(11-9-16)36(34,35)18-6-7-18/h3-5,12-14,16,18,23H,6-11H2,1-2H3,(H,29,30,31,32)/t14-/m1/s1. The Hall–Kier alpha value is -2.79. The second-order valence-electron chi connectivity index (χ2n) is 9.59. The number of nitrogens with one attached hydrogen (secondary N) is 1. The number of halogens is 3. The summed E-state index contributed by atoms with van der Waals surface area (Å²) in [7, 11) is -3.18. The largest absolute Gasteiger partial charge is 0.363 e. The molecule has 0 amide bonds. The molecular weight excluding hydrogens is 491 g/mol. The normalized spacial score (nSPS) is 18.6. The van der Waals surface area contributed by atoms with E-state index in [9.17, 15) is 21.6 Å². The molecule has 0 unspecified atom stereocenters. The second kappa shape index (κ2) is 9.59. The quantitative estimate of drug-likeness (QED) is 0.459. The van der Waals surface area contributed by atoms with E-state index in [-0.39, 0.29) is 16.7 Å². The van der Waals surface area contributed by atoms with Gasteiger partial charge in [-0.05, 0) is 57.1 Å². The van der Waals surface area contributed by atoms with Crippen LogP contribution in [0.1, 0.15) is 73.5 Å². The van der Waals surface area contributed by atoms with Crippen molar-refractivity contribution in [2.75, 3.05) is 18.4 Å². The summed E-state index contributed by atoms with van der Waals surface area (Å²) < 4.78 is 67.8. The summed E-state index contributed by atoms with van der Waals surface area (Å²) in [5.41, 5.74) is 0.908. The van der Waals surface area contributed by atoms with Crippen LogP contribution in [0.5, 0.6) is 0 Å². The van der Waals surface area contributed by atoms with E-state index in [1.807, 2.05) is 6.07 Å². The van der Waals surface area contributed by atoms with Crippen LogP contribution in [-0.2, 0) is 10.0 Å². The second-order valence-corrected chi connectivity index (χ2v) is 11.8. The number of aryl methyl sites for hydroxylation is 1. The fourth-order valence-corrected chi connectivity index (χ4v) is 6.72. The summed E-state index contributed by atoms with van der Waals surface area (Å²) >= 11 is 0. The minimum Gasteiger partial charge on any atom is -0.363 e. The zero-order chi connectivity index (χ0) is 25.6. The molecule has 0 bridgehead atoms. The molecule has 1 saturated carbocycles. The van der Waals surface area contributed by atoms with Gasteiger partial charge in [0.1, 0.15) is 17.5 Å². The van der Waals surface area contributed by atoms with Crippen molar-refractivity contribution in [1.29, 1.82) is 0 Å². The van der Waals surface area contributed by atoms with Gasteiger partial charge in [-0.25, -0.2) is 40.8 Å². The van der Waals surface area contributed by atoms with Gasteiger partial charge in [0.15, 0.2) is 5.65 Å².